The van der Waals surface area contributed by atoms with Crippen LogP contribution in [0.1, 0.15) is 10.6 Å². The van der Waals surface area contributed by atoms with E-state index in [2.05, 4.69) is 0 Å². The Balaban J connectivity index is 1.92. The molecule has 2 aromatic rings. The number of furan rings is 1. The van der Waals surface area contributed by atoms with Gasteiger partial charge in [-0.05, 0) is 23.6 Å². The lowest BCUT2D eigenvalue weighted by Crippen LogP contribution is -2.30. The van der Waals surface area contributed by atoms with Crippen LogP contribution in [0.3, 0.4) is 0 Å². The first kappa shape index (κ1) is 11.7. The summed E-state index contributed by atoms with van der Waals surface area (Å²) in [6, 6.07) is 6.79. The Labute approximate surface area is 112 Å². The van der Waals surface area contributed by atoms with Crippen molar-refractivity contribution in [3.05, 3.63) is 52.3 Å². The van der Waals surface area contributed by atoms with E-state index >= 15 is 0 Å². The Bertz CT molecular complexity index is 655. The zero-order valence-electron chi connectivity index (χ0n) is 9.70. The van der Waals surface area contributed by atoms with Gasteiger partial charge in [-0.1, -0.05) is 6.07 Å². The topological polar surface area (TPSA) is 70.8 Å². The molecular weight excluding hydrogens is 266 g/mol. The van der Waals surface area contributed by atoms with E-state index in [-0.39, 0.29) is 12.1 Å². The molecule has 0 saturated carbocycles. The fourth-order valence-electron chi connectivity index (χ4n) is 1.91. The SMILES string of the molecule is O=C1C(O)=C(c2cccs2)C(=O)N1Cc1ccco1. The minimum Gasteiger partial charge on any atom is -0.502 e. The Morgan fingerprint density at radius 2 is 2.05 bits per heavy atom. The van der Waals surface area contributed by atoms with Gasteiger partial charge in [0.05, 0.1) is 12.8 Å². The lowest BCUT2D eigenvalue weighted by Gasteiger charge is -2.11. The summed E-state index contributed by atoms with van der Waals surface area (Å²) >= 11 is 1.30. The summed E-state index contributed by atoms with van der Waals surface area (Å²) in [6.07, 6.45) is 1.47. The van der Waals surface area contributed by atoms with E-state index < -0.39 is 17.6 Å². The van der Waals surface area contributed by atoms with E-state index in [1.807, 2.05) is 0 Å². The maximum atomic E-state index is 12.2. The van der Waals surface area contributed by atoms with Crippen LogP contribution in [0.5, 0.6) is 0 Å². The van der Waals surface area contributed by atoms with Gasteiger partial charge in [-0.3, -0.25) is 14.5 Å². The lowest BCUT2D eigenvalue weighted by atomic mass is 10.2. The molecule has 0 spiro atoms. The van der Waals surface area contributed by atoms with E-state index in [0.29, 0.717) is 10.6 Å². The Morgan fingerprint density at radius 3 is 2.68 bits per heavy atom. The van der Waals surface area contributed by atoms with Gasteiger partial charge in [0.15, 0.2) is 5.76 Å². The maximum absolute atomic E-state index is 12.2. The van der Waals surface area contributed by atoms with Crippen molar-refractivity contribution in [2.45, 2.75) is 6.54 Å². The number of imide groups is 1. The summed E-state index contributed by atoms with van der Waals surface area (Å²) in [5.41, 5.74) is 0.0616. The number of rotatable bonds is 3. The monoisotopic (exact) mass is 275 g/mol. The highest BCUT2D eigenvalue weighted by atomic mass is 32.1. The number of hydrogen-bond donors (Lipinski definition) is 1. The number of carbonyl (C=O) groups excluding carboxylic acids is 2. The summed E-state index contributed by atoms with van der Waals surface area (Å²) in [6.45, 7) is 0.0175. The van der Waals surface area contributed by atoms with E-state index in [0.717, 1.165) is 4.90 Å². The molecule has 1 aliphatic rings. The molecular formula is C13H9NO4S. The lowest BCUT2D eigenvalue weighted by molar-refractivity contribution is -0.139. The zero-order chi connectivity index (χ0) is 13.4. The van der Waals surface area contributed by atoms with Crippen molar-refractivity contribution in [1.29, 1.82) is 0 Å². The molecule has 0 atom stereocenters. The third-order valence-electron chi connectivity index (χ3n) is 2.81. The van der Waals surface area contributed by atoms with Crippen molar-refractivity contribution < 1.29 is 19.1 Å². The second-order valence-electron chi connectivity index (χ2n) is 3.98. The van der Waals surface area contributed by atoms with Gasteiger partial charge < -0.3 is 9.52 Å². The molecule has 0 radical (unpaired) electrons. The first-order chi connectivity index (χ1) is 9.18. The first-order valence-electron chi connectivity index (χ1n) is 5.54. The van der Waals surface area contributed by atoms with Crippen LogP contribution < -0.4 is 0 Å². The third-order valence-corrected chi connectivity index (χ3v) is 3.69. The second-order valence-corrected chi connectivity index (χ2v) is 4.92. The molecule has 0 aromatic carbocycles. The van der Waals surface area contributed by atoms with Crippen molar-refractivity contribution in [3.8, 4) is 0 Å². The summed E-state index contributed by atoms with van der Waals surface area (Å²) in [5, 5.41) is 11.6. The van der Waals surface area contributed by atoms with E-state index in [9.17, 15) is 14.7 Å². The molecule has 96 valence electrons. The molecule has 0 bridgehead atoms. The van der Waals surface area contributed by atoms with Crippen LogP contribution in [0.15, 0.2) is 46.1 Å². The molecule has 0 fully saturated rings. The van der Waals surface area contributed by atoms with Gasteiger partial charge in [0.25, 0.3) is 11.8 Å². The number of nitrogens with zero attached hydrogens (tertiary/aromatic N) is 1. The summed E-state index contributed by atoms with van der Waals surface area (Å²) in [4.78, 5) is 25.7. The van der Waals surface area contributed by atoms with Crippen LogP contribution in [-0.2, 0) is 16.1 Å². The van der Waals surface area contributed by atoms with Crippen LogP contribution in [0.4, 0.5) is 0 Å². The predicted molar refractivity (Wildman–Crippen MR) is 68.1 cm³/mol. The standard InChI is InChI=1S/C13H9NO4S/c15-11-10(9-4-2-6-19-9)12(16)14(13(11)17)7-8-3-1-5-18-8/h1-6,15H,7H2. The van der Waals surface area contributed by atoms with Crippen molar-refractivity contribution in [2.24, 2.45) is 0 Å². The van der Waals surface area contributed by atoms with Crippen molar-refractivity contribution in [1.82, 2.24) is 4.90 Å². The number of aliphatic hydroxyl groups excluding tert-OH is 1. The van der Waals surface area contributed by atoms with Crippen molar-refractivity contribution in [3.63, 3.8) is 0 Å². The number of amides is 2. The summed E-state index contributed by atoms with van der Waals surface area (Å²) in [7, 11) is 0. The molecule has 2 aromatic heterocycles. The fraction of sp³-hybridized carbons (Fsp3) is 0.0769. The smallest absolute Gasteiger partial charge is 0.296 e. The van der Waals surface area contributed by atoms with Gasteiger partial charge in [-0.2, -0.15) is 0 Å². The molecule has 0 aliphatic carbocycles. The van der Waals surface area contributed by atoms with Crippen LogP contribution in [0, 0.1) is 0 Å². The predicted octanol–water partition coefficient (Wildman–Crippen LogP) is 2.18. The van der Waals surface area contributed by atoms with E-state index in [1.165, 1.54) is 17.6 Å². The third kappa shape index (κ3) is 1.86. The second kappa shape index (κ2) is 4.40. The number of aliphatic hydroxyl groups is 1. The van der Waals surface area contributed by atoms with Gasteiger partial charge >= 0.3 is 0 Å². The largest absolute Gasteiger partial charge is 0.502 e. The highest BCUT2D eigenvalue weighted by Crippen LogP contribution is 2.31. The number of hydrogen-bond acceptors (Lipinski definition) is 5. The quantitative estimate of drug-likeness (QED) is 0.871. The number of thiophene rings is 1. The molecule has 1 aliphatic heterocycles. The minimum absolute atomic E-state index is 0.0175. The molecule has 0 saturated heterocycles. The number of carbonyl (C=O) groups is 2. The molecule has 6 heteroatoms. The van der Waals surface area contributed by atoms with Gasteiger partial charge in [-0.15, -0.1) is 11.3 Å². The molecule has 3 heterocycles. The minimum atomic E-state index is -0.690. The first-order valence-corrected chi connectivity index (χ1v) is 6.42. The van der Waals surface area contributed by atoms with Crippen molar-refractivity contribution >= 4 is 28.7 Å². The van der Waals surface area contributed by atoms with Gasteiger partial charge in [0.2, 0.25) is 0 Å². The summed E-state index contributed by atoms with van der Waals surface area (Å²) < 4.78 is 5.11. The van der Waals surface area contributed by atoms with Crippen LogP contribution in [0.25, 0.3) is 5.57 Å². The van der Waals surface area contributed by atoms with Gasteiger partial charge in [-0.25, -0.2) is 0 Å². The van der Waals surface area contributed by atoms with E-state index in [1.54, 1.807) is 29.6 Å². The molecule has 1 N–H and O–H groups in total. The van der Waals surface area contributed by atoms with Crippen LogP contribution >= 0.6 is 11.3 Å². The Kier molecular flexibility index (Phi) is 2.72. The van der Waals surface area contributed by atoms with Crippen molar-refractivity contribution in [2.75, 3.05) is 0 Å². The molecule has 0 unspecified atom stereocenters. The molecule has 3 rings (SSSR count). The van der Waals surface area contributed by atoms with Crippen LogP contribution in [0.2, 0.25) is 0 Å². The maximum Gasteiger partial charge on any atom is 0.296 e. The molecule has 2 amide bonds. The zero-order valence-corrected chi connectivity index (χ0v) is 10.5. The molecule has 19 heavy (non-hydrogen) atoms. The Morgan fingerprint density at radius 1 is 1.21 bits per heavy atom. The summed E-state index contributed by atoms with van der Waals surface area (Å²) in [5.74, 6) is -1.20. The average Bonchev–Trinajstić information content (AvgIpc) is 3.10. The Hall–Kier alpha value is -2.34. The highest BCUT2D eigenvalue weighted by molar-refractivity contribution is 7.11. The van der Waals surface area contributed by atoms with Crippen LogP contribution in [-0.4, -0.2) is 21.8 Å². The molecule has 5 nitrogen and oxygen atoms in total. The van der Waals surface area contributed by atoms with Gasteiger partial charge in [0, 0.05) is 4.88 Å². The normalized spacial score (nSPS) is 15.7. The highest BCUT2D eigenvalue weighted by Gasteiger charge is 2.39. The van der Waals surface area contributed by atoms with Gasteiger partial charge in [0.1, 0.15) is 11.3 Å². The van der Waals surface area contributed by atoms with E-state index in [4.69, 9.17) is 4.42 Å². The average molecular weight is 275 g/mol. The fourth-order valence-corrected chi connectivity index (χ4v) is 2.67.